The van der Waals surface area contributed by atoms with Gasteiger partial charge in [-0.1, -0.05) is 17.7 Å². The number of nitrogens with one attached hydrogen (secondary N) is 2. The van der Waals surface area contributed by atoms with Crippen LogP contribution in [0.5, 0.6) is 5.75 Å². The fraction of sp³-hybridized carbons (Fsp3) is 0.211. The minimum Gasteiger partial charge on any atom is -0.494 e. The third-order valence-corrected chi connectivity index (χ3v) is 3.74. The average molecular weight is 308 g/mol. The van der Waals surface area contributed by atoms with Crippen molar-refractivity contribution in [3.63, 3.8) is 0 Å². The van der Waals surface area contributed by atoms with Crippen molar-refractivity contribution in [1.82, 2.24) is 4.98 Å². The number of fused-ring (bicyclic) bond motifs is 1. The van der Waals surface area contributed by atoms with Gasteiger partial charge in [0.05, 0.1) is 12.1 Å². The average Bonchev–Trinajstić information content (AvgIpc) is 2.55. The number of H-pyrrole nitrogens is 1. The molecule has 0 fully saturated rings. The van der Waals surface area contributed by atoms with Crippen LogP contribution in [0.2, 0.25) is 0 Å². The lowest BCUT2D eigenvalue weighted by atomic mass is 10.1. The van der Waals surface area contributed by atoms with E-state index in [9.17, 15) is 4.79 Å². The largest absolute Gasteiger partial charge is 0.494 e. The van der Waals surface area contributed by atoms with E-state index in [1.807, 2.05) is 62.4 Å². The van der Waals surface area contributed by atoms with Crippen molar-refractivity contribution in [3.8, 4) is 5.75 Å². The fourth-order valence-electron chi connectivity index (χ4n) is 2.48. The standard InChI is InChI=1S/C19H20N2O2/c1-3-23-17-9-6-14-10-15(19(22)21-18(14)11-17)12-20-16-7-4-13(2)5-8-16/h4-11,20H,3,12H2,1-2H3,(H,21,22). The zero-order valence-electron chi connectivity index (χ0n) is 13.3. The van der Waals surface area contributed by atoms with Crippen molar-refractivity contribution < 1.29 is 4.74 Å². The smallest absolute Gasteiger partial charge is 0.253 e. The van der Waals surface area contributed by atoms with E-state index in [2.05, 4.69) is 10.3 Å². The van der Waals surface area contributed by atoms with Crippen LogP contribution in [0.4, 0.5) is 5.69 Å². The van der Waals surface area contributed by atoms with Crippen LogP contribution in [-0.4, -0.2) is 11.6 Å². The van der Waals surface area contributed by atoms with Crippen LogP contribution in [0, 0.1) is 6.92 Å². The molecule has 4 nitrogen and oxygen atoms in total. The second-order valence-corrected chi connectivity index (χ2v) is 5.53. The topological polar surface area (TPSA) is 54.1 Å². The Morgan fingerprint density at radius 3 is 2.61 bits per heavy atom. The number of hydrogen-bond acceptors (Lipinski definition) is 3. The van der Waals surface area contributed by atoms with E-state index in [1.54, 1.807) is 0 Å². The summed E-state index contributed by atoms with van der Waals surface area (Å²) in [5.41, 5.74) is 3.64. The van der Waals surface area contributed by atoms with Gasteiger partial charge in [-0.3, -0.25) is 4.79 Å². The summed E-state index contributed by atoms with van der Waals surface area (Å²) >= 11 is 0. The highest BCUT2D eigenvalue weighted by Gasteiger charge is 2.04. The van der Waals surface area contributed by atoms with Gasteiger partial charge in [-0.05, 0) is 49.6 Å². The van der Waals surface area contributed by atoms with Crippen LogP contribution < -0.4 is 15.6 Å². The van der Waals surface area contributed by atoms with E-state index >= 15 is 0 Å². The van der Waals surface area contributed by atoms with Gasteiger partial charge >= 0.3 is 0 Å². The Kier molecular flexibility index (Phi) is 4.33. The third kappa shape index (κ3) is 3.54. The molecule has 0 unspecified atom stereocenters. The monoisotopic (exact) mass is 308 g/mol. The number of aromatic nitrogens is 1. The second-order valence-electron chi connectivity index (χ2n) is 5.53. The lowest BCUT2D eigenvalue weighted by molar-refractivity contribution is 0.340. The zero-order chi connectivity index (χ0) is 16.2. The van der Waals surface area contributed by atoms with Crippen molar-refractivity contribution in [2.45, 2.75) is 20.4 Å². The van der Waals surface area contributed by atoms with Crippen LogP contribution in [0.3, 0.4) is 0 Å². The van der Waals surface area contributed by atoms with Gasteiger partial charge in [0.15, 0.2) is 0 Å². The molecular formula is C19H20N2O2. The zero-order valence-corrected chi connectivity index (χ0v) is 13.3. The number of ether oxygens (including phenoxy) is 1. The van der Waals surface area contributed by atoms with E-state index in [4.69, 9.17) is 4.74 Å². The normalized spacial score (nSPS) is 10.7. The summed E-state index contributed by atoms with van der Waals surface area (Å²) in [7, 11) is 0. The predicted molar refractivity (Wildman–Crippen MR) is 94.2 cm³/mol. The summed E-state index contributed by atoms with van der Waals surface area (Å²) in [5, 5.41) is 4.27. The molecule has 0 radical (unpaired) electrons. The van der Waals surface area contributed by atoms with Gasteiger partial charge < -0.3 is 15.0 Å². The van der Waals surface area contributed by atoms with Gasteiger partial charge in [-0.15, -0.1) is 0 Å². The molecule has 0 saturated carbocycles. The SMILES string of the molecule is CCOc1ccc2cc(CNc3ccc(C)cc3)c(=O)[nH]c2c1. The lowest BCUT2D eigenvalue weighted by Crippen LogP contribution is -2.15. The summed E-state index contributed by atoms with van der Waals surface area (Å²) in [6.07, 6.45) is 0. The summed E-state index contributed by atoms with van der Waals surface area (Å²) in [6.45, 7) is 5.08. The molecule has 4 heteroatoms. The Bertz CT molecular complexity index is 867. The molecule has 0 aliphatic carbocycles. The number of pyridine rings is 1. The Balaban J connectivity index is 1.83. The van der Waals surface area contributed by atoms with E-state index in [1.165, 1.54) is 5.56 Å². The molecule has 3 aromatic rings. The molecule has 0 aliphatic rings. The molecule has 118 valence electrons. The Morgan fingerprint density at radius 1 is 1.09 bits per heavy atom. The number of rotatable bonds is 5. The summed E-state index contributed by atoms with van der Waals surface area (Å²) in [4.78, 5) is 15.2. The van der Waals surface area contributed by atoms with Crippen molar-refractivity contribution in [1.29, 1.82) is 0 Å². The maximum atomic E-state index is 12.2. The number of benzene rings is 2. The number of anilines is 1. The molecular weight excluding hydrogens is 288 g/mol. The molecule has 0 spiro atoms. The molecule has 0 bridgehead atoms. The molecule has 23 heavy (non-hydrogen) atoms. The quantitative estimate of drug-likeness (QED) is 0.753. The summed E-state index contributed by atoms with van der Waals surface area (Å²) in [6, 6.07) is 15.8. The minimum absolute atomic E-state index is 0.0780. The summed E-state index contributed by atoms with van der Waals surface area (Å²) in [5.74, 6) is 0.765. The third-order valence-electron chi connectivity index (χ3n) is 3.74. The van der Waals surface area contributed by atoms with Gasteiger partial charge in [0.1, 0.15) is 5.75 Å². The van der Waals surface area contributed by atoms with Crippen molar-refractivity contribution in [2.24, 2.45) is 0 Å². The fourth-order valence-corrected chi connectivity index (χ4v) is 2.48. The van der Waals surface area contributed by atoms with E-state index in [0.29, 0.717) is 18.7 Å². The first-order valence-electron chi connectivity index (χ1n) is 7.75. The summed E-state index contributed by atoms with van der Waals surface area (Å²) < 4.78 is 5.46. The van der Waals surface area contributed by atoms with Crippen LogP contribution in [0.15, 0.2) is 53.3 Å². The molecule has 2 N–H and O–H groups in total. The number of hydrogen-bond donors (Lipinski definition) is 2. The highest BCUT2D eigenvalue weighted by atomic mass is 16.5. The molecule has 3 rings (SSSR count). The van der Waals surface area contributed by atoms with Gasteiger partial charge in [-0.25, -0.2) is 0 Å². The Morgan fingerprint density at radius 2 is 1.87 bits per heavy atom. The van der Waals surface area contributed by atoms with Crippen molar-refractivity contribution in [2.75, 3.05) is 11.9 Å². The molecule has 0 amide bonds. The molecule has 0 atom stereocenters. The molecule has 0 aliphatic heterocycles. The van der Waals surface area contributed by atoms with Gasteiger partial charge in [0.2, 0.25) is 0 Å². The maximum absolute atomic E-state index is 12.2. The molecule has 0 saturated heterocycles. The van der Waals surface area contributed by atoms with E-state index in [-0.39, 0.29) is 5.56 Å². The van der Waals surface area contributed by atoms with Gasteiger partial charge in [0, 0.05) is 23.9 Å². The lowest BCUT2D eigenvalue weighted by Gasteiger charge is -2.08. The van der Waals surface area contributed by atoms with Gasteiger partial charge in [-0.2, -0.15) is 0 Å². The number of aromatic amines is 1. The van der Waals surface area contributed by atoms with E-state index < -0.39 is 0 Å². The molecule has 1 heterocycles. The molecule has 2 aromatic carbocycles. The first-order chi connectivity index (χ1) is 11.2. The van der Waals surface area contributed by atoms with Crippen molar-refractivity contribution >= 4 is 16.6 Å². The van der Waals surface area contributed by atoms with Crippen LogP contribution in [-0.2, 0) is 6.54 Å². The predicted octanol–water partition coefficient (Wildman–Crippen LogP) is 3.85. The Hall–Kier alpha value is -2.75. The first-order valence-corrected chi connectivity index (χ1v) is 7.75. The van der Waals surface area contributed by atoms with Crippen LogP contribution >= 0.6 is 0 Å². The minimum atomic E-state index is -0.0780. The first kappa shape index (κ1) is 15.2. The Labute approximate surface area is 135 Å². The number of aryl methyl sites for hydroxylation is 1. The van der Waals surface area contributed by atoms with Crippen LogP contribution in [0.1, 0.15) is 18.1 Å². The second kappa shape index (κ2) is 6.57. The van der Waals surface area contributed by atoms with E-state index in [0.717, 1.165) is 22.3 Å². The maximum Gasteiger partial charge on any atom is 0.253 e. The molecule has 1 aromatic heterocycles. The van der Waals surface area contributed by atoms with Crippen molar-refractivity contribution in [3.05, 3.63) is 70.0 Å². The highest BCUT2D eigenvalue weighted by Crippen LogP contribution is 2.19. The highest BCUT2D eigenvalue weighted by molar-refractivity contribution is 5.80. The van der Waals surface area contributed by atoms with Crippen LogP contribution in [0.25, 0.3) is 10.9 Å². The van der Waals surface area contributed by atoms with Gasteiger partial charge in [0.25, 0.3) is 5.56 Å².